The maximum absolute atomic E-state index is 12.6. The Morgan fingerprint density at radius 1 is 1.59 bits per heavy atom. The van der Waals surface area contributed by atoms with E-state index in [1.165, 1.54) is 25.1 Å². The van der Waals surface area contributed by atoms with E-state index in [-0.39, 0.29) is 29.8 Å². The van der Waals surface area contributed by atoms with Crippen molar-refractivity contribution >= 4 is 29.9 Å². The maximum Gasteiger partial charge on any atom is 0.191 e. The monoisotopic (exact) mass is 350 g/mol. The van der Waals surface area contributed by atoms with E-state index in [2.05, 4.69) is 9.98 Å². The van der Waals surface area contributed by atoms with Gasteiger partial charge in [0.05, 0.1) is 18.4 Å². The minimum absolute atomic E-state index is 0. The molecule has 0 aromatic carbocycles. The van der Waals surface area contributed by atoms with Crippen LogP contribution in [0.3, 0.4) is 0 Å². The van der Waals surface area contributed by atoms with Crippen LogP contribution in [-0.2, 0) is 6.54 Å². The average molecular weight is 350 g/mol. The molecule has 0 atom stereocenters. The molecular weight excluding hydrogens is 334 g/mol. The fourth-order valence-electron chi connectivity index (χ4n) is 1.42. The first-order valence-corrected chi connectivity index (χ1v) is 5.30. The van der Waals surface area contributed by atoms with Crippen molar-refractivity contribution < 1.29 is 4.39 Å². The molecule has 0 saturated heterocycles. The van der Waals surface area contributed by atoms with Crippen LogP contribution in [0.1, 0.15) is 18.5 Å². The van der Waals surface area contributed by atoms with Crippen LogP contribution in [-0.4, -0.2) is 28.9 Å². The topological polar surface area (TPSA) is 54.5 Å². The summed E-state index contributed by atoms with van der Waals surface area (Å²) in [5.74, 6) is 0.185. The van der Waals surface area contributed by atoms with Gasteiger partial charge in [-0.1, -0.05) is 0 Å². The van der Waals surface area contributed by atoms with Crippen LogP contribution in [0.5, 0.6) is 0 Å². The molecule has 17 heavy (non-hydrogen) atoms. The van der Waals surface area contributed by atoms with Crippen LogP contribution in [0.15, 0.2) is 23.3 Å². The number of aromatic nitrogens is 1. The zero-order valence-corrected chi connectivity index (χ0v) is 12.0. The highest BCUT2D eigenvalue weighted by Crippen LogP contribution is 2.24. The third-order valence-electron chi connectivity index (χ3n) is 2.65. The summed E-state index contributed by atoms with van der Waals surface area (Å²) in [6.45, 7) is 0.392. The molecule has 1 heterocycles. The van der Waals surface area contributed by atoms with Gasteiger partial charge in [-0.2, -0.15) is 0 Å². The van der Waals surface area contributed by atoms with Gasteiger partial charge in [0.15, 0.2) is 5.96 Å². The zero-order chi connectivity index (χ0) is 11.5. The largest absolute Gasteiger partial charge is 0.370 e. The highest BCUT2D eigenvalue weighted by Gasteiger charge is 2.27. The van der Waals surface area contributed by atoms with E-state index >= 15 is 0 Å². The van der Waals surface area contributed by atoms with E-state index < -0.39 is 0 Å². The maximum atomic E-state index is 12.6. The van der Waals surface area contributed by atoms with E-state index in [1.54, 1.807) is 6.07 Å². The molecule has 6 heteroatoms. The van der Waals surface area contributed by atoms with Crippen molar-refractivity contribution in [2.75, 3.05) is 7.05 Å². The SMILES string of the molecule is CN(C(N)=NCc1ccc(F)cn1)C1CC1.I. The van der Waals surface area contributed by atoms with Crippen molar-refractivity contribution in [2.24, 2.45) is 10.7 Å². The Kier molecular flexibility index (Phi) is 5.10. The molecule has 4 nitrogen and oxygen atoms in total. The molecule has 1 aliphatic carbocycles. The van der Waals surface area contributed by atoms with E-state index in [4.69, 9.17) is 5.73 Å². The minimum atomic E-state index is -0.337. The summed E-state index contributed by atoms with van der Waals surface area (Å²) in [6.07, 6.45) is 3.55. The van der Waals surface area contributed by atoms with Gasteiger partial charge in [0, 0.05) is 13.1 Å². The molecule has 0 radical (unpaired) electrons. The molecule has 0 aliphatic heterocycles. The fraction of sp³-hybridized carbons (Fsp3) is 0.455. The van der Waals surface area contributed by atoms with Gasteiger partial charge >= 0.3 is 0 Å². The molecule has 94 valence electrons. The lowest BCUT2D eigenvalue weighted by atomic mass is 10.3. The number of pyridine rings is 1. The Hall–Kier alpha value is -0.920. The molecule has 0 unspecified atom stereocenters. The number of hydrogen-bond donors (Lipinski definition) is 1. The number of aliphatic imine (C=N–C) groups is 1. The number of hydrogen-bond acceptors (Lipinski definition) is 2. The van der Waals surface area contributed by atoms with Crippen LogP contribution in [0.4, 0.5) is 4.39 Å². The van der Waals surface area contributed by atoms with E-state index in [1.807, 2.05) is 11.9 Å². The standard InChI is InChI=1S/C11H15FN4.HI/c1-16(10-4-5-10)11(13)15-7-9-3-2-8(12)6-14-9;/h2-3,6,10H,4-5,7H2,1H3,(H2,13,15);1H. The van der Waals surface area contributed by atoms with E-state index in [0.29, 0.717) is 24.2 Å². The van der Waals surface area contributed by atoms with Gasteiger partial charge in [-0.15, -0.1) is 24.0 Å². The van der Waals surface area contributed by atoms with Crippen LogP contribution >= 0.6 is 24.0 Å². The summed E-state index contributed by atoms with van der Waals surface area (Å²) >= 11 is 0. The summed E-state index contributed by atoms with van der Waals surface area (Å²) in [4.78, 5) is 10.1. The van der Waals surface area contributed by atoms with E-state index in [9.17, 15) is 4.39 Å². The number of rotatable bonds is 3. The zero-order valence-electron chi connectivity index (χ0n) is 9.64. The second-order valence-corrected chi connectivity index (χ2v) is 3.98. The van der Waals surface area contributed by atoms with Gasteiger partial charge in [0.1, 0.15) is 5.82 Å². The van der Waals surface area contributed by atoms with Crippen LogP contribution in [0.2, 0.25) is 0 Å². The average Bonchev–Trinajstić information content (AvgIpc) is 3.11. The molecule has 1 aliphatic rings. The van der Waals surface area contributed by atoms with Gasteiger partial charge in [-0.3, -0.25) is 4.98 Å². The number of halogens is 2. The van der Waals surface area contributed by atoms with Crippen molar-refractivity contribution in [1.29, 1.82) is 0 Å². The highest BCUT2D eigenvalue weighted by atomic mass is 127. The molecule has 1 fully saturated rings. The molecule has 0 bridgehead atoms. The quantitative estimate of drug-likeness (QED) is 0.513. The Bertz CT molecular complexity index is 389. The van der Waals surface area contributed by atoms with Crippen molar-refractivity contribution in [2.45, 2.75) is 25.4 Å². The molecule has 0 amide bonds. The van der Waals surface area contributed by atoms with Crippen molar-refractivity contribution in [1.82, 2.24) is 9.88 Å². The summed E-state index contributed by atoms with van der Waals surface area (Å²) in [5.41, 5.74) is 6.53. The summed E-state index contributed by atoms with van der Waals surface area (Å²) in [6, 6.07) is 3.53. The summed E-state index contributed by atoms with van der Waals surface area (Å²) < 4.78 is 12.6. The van der Waals surface area contributed by atoms with Gasteiger partial charge < -0.3 is 10.6 Å². The summed E-state index contributed by atoms with van der Waals surface area (Å²) in [7, 11) is 1.94. The molecule has 2 N–H and O–H groups in total. The van der Waals surface area contributed by atoms with Gasteiger partial charge in [0.2, 0.25) is 0 Å². The number of nitrogens with two attached hydrogens (primary N) is 1. The van der Waals surface area contributed by atoms with E-state index in [0.717, 1.165) is 0 Å². The molecule has 1 aromatic rings. The lowest BCUT2D eigenvalue weighted by Crippen LogP contribution is -2.35. The molecule has 0 spiro atoms. The second kappa shape index (κ2) is 6.13. The predicted molar refractivity (Wildman–Crippen MR) is 75.7 cm³/mol. The molecule has 1 saturated carbocycles. The number of guanidine groups is 1. The highest BCUT2D eigenvalue weighted by molar-refractivity contribution is 14.0. The first-order valence-electron chi connectivity index (χ1n) is 5.30. The van der Waals surface area contributed by atoms with Crippen molar-refractivity contribution in [3.05, 3.63) is 29.8 Å². The lowest BCUT2D eigenvalue weighted by Gasteiger charge is -2.16. The molecular formula is C11H16FIN4. The van der Waals surface area contributed by atoms with Crippen molar-refractivity contribution in [3.63, 3.8) is 0 Å². The molecule has 2 rings (SSSR count). The Morgan fingerprint density at radius 3 is 2.82 bits per heavy atom. The Morgan fingerprint density at radius 2 is 2.29 bits per heavy atom. The Balaban J connectivity index is 0.00000144. The smallest absolute Gasteiger partial charge is 0.191 e. The van der Waals surface area contributed by atoms with Crippen molar-refractivity contribution in [3.8, 4) is 0 Å². The van der Waals surface area contributed by atoms with Gasteiger partial charge in [-0.25, -0.2) is 9.38 Å². The van der Waals surface area contributed by atoms with Gasteiger partial charge in [-0.05, 0) is 25.0 Å². The fourth-order valence-corrected chi connectivity index (χ4v) is 1.42. The number of nitrogens with zero attached hydrogens (tertiary/aromatic N) is 3. The predicted octanol–water partition coefficient (Wildman–Crippen LogP) is 1.75. The Labute approximate surface area is 117 Å². The first-order chi connectivity index (χ1) is 7.66. The summed E-state index contributed by atoms with van der Waals surface area (Å²) in [5, 5.41) is 0. The second-order valence-electron chi connectivity index (χ2n) is 3.98. The first kappa shape index (κ1) is 14.1. The lowest BCUT2D eigenvalue weighted by molar-refractivity contribution is 0.487. The third-order valence-corrected chi connectivity index (χ3v) is 2.65. The van der Waals surface area contributed by atoms with Crippen LogP contribution < -0.4 is 5.73 Å². The van der Waals surface area contributed by atoms with Crippen LogP contribution in [0.25, 0.3) is 0 Å². The van der Waals surface area contributed by atoms with Crippen LogP contribution in [0, 0.1) is 5.82 Å². The minimum Gasteiger partial charge on any atom is -0.370 e. The van der Waals surface area contributed by atoms with Gasteiger partial charge in [0.25, 0.3) is 0 Å². The third kappa shape index (κ3) is 4.10. The molecule has 1 aromatic heterocycles. The normalized spacial score (nSPS) is 15.3.